The molecule has 1 saturated heterocycles. The molecule has 0 radical (unpaired) electrons. The molecule has 0 aliphatic carbocycles. The summed E-state index contributed by atoms with van der Waals surface area (Å²) in [7, 11) is 0. The van der Waals surface area contributed by atoms with Crippen LogP contribution in [0, 0.1) is 12.8 Å². The average molecular weight is 372 g/mol. The molecule has 1 fully saturated rings. The summed E-state index contributed by atoms with van der Waals surface area (Å²) in [5.74, 6) is 0.101. The quantitative estimate of drug-likeness (QED) is 0.794. The van der Waals surface area contributed by atoms with Crippen LogP contribution in [0.25, 0.3) is 0 Å². The van der Waals surface area contributed by atoms with Crippen LogP contribution in [0.15, 0.2) is 35.7 Å². The van der Waals surface area contributed by atoms with Crippen molar-refractivity contribution in [3.05, 3.63) is 51.7 Å². The molecule has 1 aliphatic heterocycles. The number of hydrogen-bond acceptors (Lipinski definition) is 4. The third kappa shape index (κ3) is 4.43. The highest BCUT2D eigenvalue weighted by molar-refractivity contribution is 7.09. The maximum Gasteiger partial charge on any atom is 0.254 e. The first kappa shape index (κ1) is 18.5. The van der Waals surface area contributed by atoms with E-state index in [-0.39, 0.29) is 17.7 Å². The number of amides is 2. The summed E-state index contributed by atoms with van der Waals surface area (Å²) in [5, 5.41) is 5.08. The van der Waals surface area contributed by atoms with Crippen molar-refractivity contribution in [1.82, 2.24) is 10.2 Å². The number of piperidine rings is 1. The summed E-state index contributed by atoms with van der Waals surface area (Å²) < 4.78 is 0. The zero-order chi connectivity index (χ0) is 18.5. The lowest BCUT2D eigenvalue weighted by Gasteiger charge is -2.31. The van der Waals surface area contributed by atoms with Crippen LogP contribution in [0.3, 0.4) is 0 Å². The van der Waals surface area contributed by atoms with E-state index in [2.05, 4.69) is 11.4 Å². The fraction of sp³-hybridized carbons (Fsp3) is 0.400. The minimum absolute atomic E-state index is 0.00588. The number of hydrogen-bond donors (Lipinski definition) is 2. The van der Waals surface area contributed by atoms with Crippen LogP contribution in [-0.2, 0) is 11.2 Å². The fourth-order valence-electron chi connectivity index (χ4n) is 3.29. The Kier molecular flexibility index (Phi) is 5.93. The smallest absolute Gasteiger partial charge is 0.254 e. The van der Waals surface area contributed by atoms with E-state index in [0.717, 1.165) is 12.0 Å². The molecule has 0 bridgehead atoms. The van der Waals surface area contributed by atoms with Gasteiger partial charge >= 0.3 is 0 Å². The first-order chi connectivity index (χ1) is 12.5. The van der Waals surface area contributed by atoms with Gasteiger partial charge in [-0.05, 0) is 55.3 Å². The number of carbonyl (C=O) groups is 2. The van der Waals surface area contributed by atoms with Gasteiger partial charge in [0.15, 0.2) is 0 Å². The number of rotatable bonds is 5. The van der Waals surface area contributed by atoms with E-state index in [1.54, 1.807) is 23.5 Å². The molecular weight excluding hydrogens is 346 g/mol. The van der Waals surface area contributed by atoms with Crippen molar-refractivity contribution in [2.75, 3.05) is 25.4 Å². The molecule has 0 unspecified atom stereocenters. The van der Waals surface area contributed by atoms with Crippen LogP contribution >= 0.6 is 11.3 Å². The topological polar surface area (TPSA) is 75.4 Å². The number of anilines is 1. The van der Waals surface area contributed by atoms with Crippen molar-refractivity contribution in [3.63, 3.8) is 0 Å². The van der Waals surface area contributed by atoms with E-state index in [9.17, 15) is 9.59 Å². The number of carbonyl (C=O) groups excluding carboxylic acids is 2. The van der Waals surface area contributed by atoms with E-state index in [4.69, 9.17) is 5.73 Å². The predicted octanol–water partition coefficient (Wildman–Crippen LogP) is 2.85. The average Bonchev–Trinajstić information content (AvgIpc) is 3.16. The van der Waals surface area contributed by atoms with Crippen LogP contribution in [-0.4, -0.2) is 36.3 Å². The monoisotopic (exact) mass is 371 g/mol. The van der Waals surface area contributed by atoms with E-state index >= 15 is 0 Å². The van der Waals surface area contributed by atoms with Crippen molar-refractivity contribution in [1.29, 1.82) is 0 Å². The lowest BCUT2D eigenvalue weighted by atomic mass is 9.95. The number of benzene rings is 1. The molecule has 0 atom stereocenters. The molecule has 138 valence electrons. The summed E-state index contributed by atoms with van der Waals surface area (Å²) in [5.41, 5.74) is 8.00. The van der Waals surface area contributed by atoms with Gasteiger partial charge in [-0.2, -0.15) is 0 Å². The summed E-state index contributed by atoms with van der Waals surface area (Å²) >= 11 is 1.71. The van der Waals surface area contributed by atoms with Gasteiger partial charge in [0, 0.05) is 41.7 Å². The van der Waals surface area contributed by atoms with Crippen LogP contribution < -0.4 is 11.1 Å². The molecule has 0 saturated carbocycles. The normalized spacial score (nSPS) is 15.0. The molecule has 6 heteroatoms. The van der Waals surface area contributed by atoms with E-state index in [1.807, 2.05) is 29.3 Å². The number of nitrogen functional groups attached to an aromatic ring is 1. The minimum atomic E-state index is -0.00988. The van der Waals surface area contributed by atoms with E-state index < -0.39 is 0 Å². The predicted molar refractivity (Wildman–Crippen MR) is 105 cm³/mol. The third-order valence-electron chi connectivity index (χ3n) is 4.90. The van der Waals surface area contributed by atoms with Gasteiger partial charge in [-0.3, -0.25) is 9.59 Å². The van der Waals surface area contributed by atoms with Crippen LogP contribution in [0.1, 0.15) is 33.6 Å². The lowest BCUT2D eigenvalue weighted by Crippen LogP contribution is -2.43. The van der Waals surface area contributed by atoms with Gasteiger partial charge in [-0.1, -0.05) is 12.1 Å². The highest BCUT2D eigenvalue weighted by atomic mass is 32.1. The SMILES string of the molecule is Cc1ccc(N)cc1C(=O)N1CCC(C(=O)NCCc2cccs2)CC1. The van der Waals surface area contributed by atoms with Gasteiger partial charge in [0.1, 0.15) is 0 Å². The number of nitrogens with two attached hydrogens (primary N) is 1. The molecule has 3 rings (SSSR count). The Balaban J connectivity index is 1.48. The second-order valence-corrected chi connectivity index (χ2v) is 7.79. The molecule has 1 aliphatic rings. The Morgan fingerprint density at radius 2 is 2.04 bits per heavy atom. The van der Waals surface area contributed by atoms with Crippen LogP contribution in [0.2, 0.25) is 0 Å². The Bertz CT molecular complexity index is 765. The van der Waals surface area contributed by atoms with Gasteiger partial charge in [-0.15, -0.1) is 11.3 Å². The molecule has 2 amide bonds. The first-order valence-corrected chi connectivity index (χ1v) is 9.88. The van der Waals surface area contributed by atoms with Gasteiger partial charge in [0.25, 0.3) is 5.91 Å². The highest BCUT2D eigenvalue weighted by Crippen LogP contribution is 2.21. The number of aryl methyl sites for hydroxylation is 1. The molecule has 1 aromatic heterocycles. The second-order valence-electron chi connectivity index (χ2n) is 6.76. The zero-order valence-electron chi connectivity index (χ0n) is 15.0. The number of thiophene rings is 1. The molecule has 0 spiro atoms. The number of nitrogens with zero attached hydrogens (tertiary/aromatic N) is 1. The van der Waals surface area contributed by atoms with Gasteiger partial charge < -0.3 is 16.0 Å². The highest BCUT2D eigenvalue weighted by Gasteiger charge is 2.28. The molecule has 26 heavy (non-hydrogen) atoms. The lowest BCUT2D eigenvalue weighted by molar-refractivity contribution is -0.126. The van der Waals surface area contributed by atoms with Gasteiger partial charge in [0.05, 0.1) is 0 Å². The third-order valence-corrected chi connectivity index (χ3v) is 5.83. The summed E-state index contributed by atoms with van der Waals surface area (Å²) in [6.45, 7) is 3.80. The zero-order valence-corrected chi connectivity index (χ0v) is 15.8. The van der Waals surface area contributed by atoms with E-state index in [0.29, 0.717) is 43.7 Å². The molecule has 5 nitrogen and oxygen atoms in total. The first-order valence-electron chi connectivity index (χ1n) is 9.00. The summed E-state index contributed by atoms with van der Waals surface area (Å²) in [6.07, 6.45) is 2.28. The van der Waals surface area contributed by atoms with Crippen LogP contribution in [0.5, 0.6) is 0 Å². The molecular formula is C20H25N3O2S. The van der Waals surface area contributed by atoms with Crippen molar-refractivity contribution in [3.8, 4) is 0 Å². The Morgan fingerprint density at radius 3 is 2.73 bits per heavy atom. The standard InChI is InChI=1S/C20H25N3O2S/c1-14-4-5-16(21)13-18(14)20(25)23-10-7-15(8-11-23)19(24)22-9-6-17-3-2-12-26-17/h2-5,12-13,15H,6-11,21H2,1H3,(H,22,24). The molecule has 2 heterocycles. The summed E-state index contributed by atoms with van der Waals surface area (Å²) in [6, 6.07) is 9.52. The number of likely N-dealkylation sites (tertiary alicyclic amines) is 1. The largest absolute Gasteiger partial charge is 0.399 e. The van der Waals surface area contributed by atoms with Crippen molar-refractivity contribution >= 4 is 28.8 Å². The minimum Gasteiger partial charge on any atom is -0.399 e. The van der Waals surface area contributed by atoms with Gasteiger partial charge in [-0.25, -0.2) is 0 Å². The van der Waals surface area contributed by atoms with Crippen molar-refractivity contribution < 1.29 is 9.59 Å². The Hall–Kier alpha value is -2.34. The maximum atomic E-state index is 12.7. The van der Waals surface area contributed by atoms with Crippen LogP contribution in [0.4, 0.5) is 5.69 Å². The maximum absolute atomic E-state index is 12.7. The van der Waals surface area contributed by atoms with Crippen molar-refractivity contribution in [2.24, 2.45) is 5.92 Å². The molecule has 2 aromatic rings. The van der Waals surface area contributed by atoms with Gasteiger partial charge in [0.2, 0.25) is 5.91 Å². The Labute approximate surface area is 158 Å². The number of nitrogens with one attached hydrogen (secondary N) is 1. The van der Waals surface area contributed by atoms with E-state index in [1.165, 1.54) is 4.88 Å². The molecule has 3 N–H and O–H groups in total. The summed E-state index contributed by atoms with van der Waals surface area (Å²) in [4.78, 5) is 28.2. The molecule has 1 aromatic carbocycles. The second kappa shape index (κ2) is 8.36. The van der Waals surface area contributed by atoms with Crippen molar-refractivity contribution in [2.45, 2.75) is 26.2 Å². The Morgan fingerprint density at radius 1 is 1.27 bits per heavy atom. The fourth-order valence-corrected chi connectivity index (χ4v) is 4.00.